The topological polar surface area (TPSA) is 29.9 Å². The quantitative estimate of drug-likeness (QED) is 0.792. The van der Waals surface area contributed by atoms with E-state index in [0.29, 0.717) is 12.1 Å². The molecule has 0 amide bonds. The van der Waals surface area contributed by atoms with E-state index in [1.165, 1.54) is 25.1 Å². The van der Waals surface area contributed by atoms with Crippen molar-refractivity contribution in [3.05, 3.63) is 18.2 Å². The lowest BCUT2D eigenvalue weighted by molar-refractivity contribution is 0.478. The Labute approximate surface area is 85.5 Å². The van der Waals surface area contributed by atoms with Crippen LogP contribution in [0, 0.1) is 0 Å². The number of nitrogens with one attached hydrogen (secondary N) is 1. The van der Waals surface area contributed by atoms with Crippen molar-refractivity contribution in [3.8, 4) is 0 Å². The Bertz CT molecular complexity index is 292. The zero-order chi connectivity index (χ0) is 9.97. The van der Waals surface area contributed by atoms with Gasteiger partial charge in [0.15, 0.2) is 0 Å². The zero-order valence-corrected chi connectivity index (χ0v) is 9.03. The first-order valence-corrected chi connectivity index (χ1v) is 5.54. The van der Waals surface area contributed by atoms with Gasteiger partial charge in [0.2, 0.25) is 0 Å². The van der Waals surface area contributed by atoms with Gasteiger partial charge in [-0.1, -0.05) is 6.92 Å². The summed E-state index contributed by atoms with van der Waals surface area (Å²) in [6.45, 7) is 2.17. The average molecular weight is 193 g/mol. The van der Waals surface area contributed by atoms with Gasteiger partial charge >= 0.3 is 0 Å². The second-order valence-corrected chi connectivity index (χ2v) is 4.06. The summed E-state index contributed by atoms with van der Waals surface area (Å²) < 4.78 is 2.36. The molecule has 0 aromatic carbocycles. The Hall–Kier alpha value is -0.830. The SMILES string of the molecule is CCc1nccn1C1CCC(NC)C1. The highest BCUT2D eigenvalue weighted by Gasteiger charge is 2.25. The van der Waals surface area contributed by atoms with E-state index in [4.69, 9.17) is 0 Å². The van der Waals surface area contributed by atoms with Crippen molar-refractivity contribution in [3.63, 3.8) is 0 Å². The summed E-state index contributed by atoms with van der Waals surface area (Å²) in [5.74, 6) is 1.23. The van der Waals surface area contributed by atoms with Gasteiger partial charge in [0.1, 0.15) is 5.82 Å². The van der Waals surface area contributed by atoms with Crippen molar-refractivity contribution in [2.24, 2.45) is 0 Å². The second-order valence-electron chi connectivity index (χ2n) is 4.06. The van der Waals surface area contributed by atoms with Crippen molar-refractivity contribution >= 4 is 0 Å². The molecule has 1 aliphatic carbocycles. The van der Waals surface area contributed by atoms with Crippen LogP contribution in [0.3, 0.4) is 0 Å². The van der Waals surface area contributed by atoms with Crippen LogP contribution in [-0.2, 0) is 6.42 Å². The minimum Gasteiger partial charge on any atom is -0.332 e. The van der Waals surface area contributed by atoms with Gasteiger partial charge < -0.3 is 9.88 Å². The van der Waals surface area contributed by atoms with Gasteiger partial charge in [-0.15, -0.1) is 0 Å². The maximum atomic E-state index is 4.37. The maximum absolute atomic E-state index is 4.37. The molecular formula is C11H19N3. The predicted molar refractivity (Wildman–Crippen MR) is 57.3 cm³/mol. The Morgan fingerprint density at radius 3 is 3.07 bits per heavy atom. The highest BCUT2D eigenvalue weighted by molar-refractivity contribution is 4.97. The smallest absolute Gasteiger partial charge is 0.108 e. The third kappa shape index (κ3) is 1.69. The van der Waals surface area contributed by atoms with E-state index in [0.717, 1.165) is 6.42 Å². The van der Waals surface area contributed by atoms with Gasteiger partial charge in [-0.3, -0.25) is 0 Å². The van der Waals surface area contributed by atoms with Gasteiger partial charge in [0.05, 0.1) is 0 Å². The third-order valence-electron chi connectivity index (χ3n) is 3.27. The van der Waals surface area contributed by atoms with Gasteiger partial charge in [-0.2, -0.15) is 0 Å². The molecule has 2 rings (SSSR count). The molecule has 0 radical (unpaired) electrons. The van der Waals surface area contributed by atoms with Crippen LogP contribution in [0.4, 0.5) is 0 Å². The van der Waals surface area contributed by atoms with Crippen LogP contribution < -0.4 is 5.32 Å². The number of rotatable bonds is 3. The van der Waals surface area contributed by atoms with E-state index in [-0.39, 0.29) is 0 Å². The van der Waals surface area contributed by atoms with E-state index in [1.54, 1.807) is 0 Å². The summed E-state index contributed by atoms with van der Waals surface area (Å²) in [5, 5.41) is 3.36. The maximum Gasteiger partial charge on any atom is 0.108 e. The fourth-order valence-electron chi connectivity index (χ4n) is 2.42. The molecule has 3 heteroatoms. The first-order valence-electron chi connectivity index (χ1n) is 5.54. The molecule has 0 spiro atoms. The van der Waals surface area contributed by atoms with Gasteiger partial charge in [0, 0.05) is 30.9 Å². The first kappa shape index (κ1) is 9.71. The fourth-order valence-corrected chi connectivity index (χ4v) is 2.42. The number of hydrogen-bond donors (Lipinski definition) is 1. The summed E-state index contributed by atoms with van der Waals surface area (Å²) in [7, 11) is 2.06. The van der Waals surface area contributed by atoms with Crippen LogP contribution in [0.5, 0.6) is 0 Å². The number of aromatic nitrogens is 2. The molecule has 2 atom stereocenters. The van der Waals surface area contributed by atoms with Crippen molar-refractivity contribution < 1.29 is 0 Å². The lowest BCUT2D eigenvalue weighted by Gasteiger charge is -2.15. The summed E-state index contributed by atoms with van der Waals surface area (Å²) in [4.78, 5) is 4.37. The lowest BCUT2D eigenvalue weighted by Crippen LogP contribution is -2.22. The Morgan fingerprint density at radius 1 is 1.57 bits per heavy atom. The van der Waals surface area contributed by atoms with Crippen LogP contribution in [-0.4, -0.2) is 22.6 Å². The van der Waals surface area contributed by atoms with E-state index in [9.17, 15) is 0 Å². The summed E-state index contributed by atoms with van der Waals surface area (Å²) in [6, 6.07) is 1.37. The van der Waals surface area contributed by atoms with Crippen LogP contribution >= 0.6 is 0 Å². The van der Waals surface area contributed by atoms with Crippen LogP contribution in [0.25, 0.3) is 0 Å². The molecule has 78 valence electrons. The molecule has 1 saturated carbocycles. The van der Waals surface area contributed by atoms with E-state index in [1.807, 2.05) is 6.20 Å². The average Bonchev–Trinajstić information content (AvgIpc) is 2.85. The number of aryl methyl sites for hydroxylation is 1. The van der Waals surface area contributed by atoms with Crippen LogP contribution in [0.15, 0.2) is 12.4 Å². The van der Waals surface area contributed by atoms with Gasteiger partial charge in [-0.05, 0) is 26.3 Å². The summed E-state index contributed by atoms with van der Waals surface area (Å²) in [6.07, 6.45) is 8.91. The molecular weight excluding hydrogens is 174 g/mol. The van der Waals surface area contributed by atoms with Crippen molar-refractivity contribution in [2.45, 2.75) is 44.7 Å². The van der Waals surface area contributed by atoms with Crippen molar-refractivity contribution in [2.75, 3.05) is 7.05 Å². The number of nitrogens with zero attached hydrogens (tertiary/aromatic N) is 2. The predicted octanol–water partition coefficient (Wildman–Crippen LogP) is 1.76. The molecule has 0 bridgehead atoms. The fraction of sp³-hybridized carbons (Fsp3) is 0.727. The zero-order valence-electron chi connectivity index (χ0n) is 9.03. The Balaban J connectivity index is 2.09. The normalized spacial score (nSPS) is 27.0. The molecule has 0 aliphatic heterocycles. The monoisotopic (exact) mass is 193 g/mol. The third-order valence-corrected chi connectivity index (χ3v) is 3.27. The van der Waals surface area contributed by atoms with Crippen LogP contribution in [0.2, 0.25) is 0 Å². The highest BCUT2D eigenvalue weighted by Crippen LogP contribution is 2.30. The summed E-state index contributed by atoms with van der Waals surface area (Å²) >= 11 is 0. The minimum absolute atomic E-state index is 0.671. The molecule has 1 aromatic heterocycles. The number of hydrogen-bond acceptors (Lipinski definition) is 2. The summed E-state index contributed by atoms with van der Waals surface area (Å²) in [5.41, 5.74) is 0. The second kappa shape index (κ2) is 4.13. The standard InChI is InChI=1S/C11H19N3/c1-3-11-13-6-7-14(11)10-5-4-9(8-10)12-2/h6-7,9-10,12H,3-5,8H2,1-2H3. The van der Waals surface area contributed by atoms with Crippen molar-refractivity contribution in [1.29, 1.82) is 0 Å². The number of imidazole rings is 1. The van der Waals surface area contributed by atoms with E-state index < -0.39 is 0 Å². The molecule has 1 aromatic rings. The van der Waals surface area contributed by atoms with Gasteiger partial charge in [0.25, 0.3) is 0 Å². The highest BCUT2D eigenvalue weighted by atomic mass is 15.1. The van der Waals surface area contributed by atoms with Crippen LogP contribution in [0.1, 0.15) is 38.1 Å². The van der Waals surface area contributed by atoms with E-state index >= 15 is 0 Å². The molecule has 14 heavy (non-hydrogen) atoms. The molecule has 1 fully saturated rings. The van der Waals surface area contributed by atoms with Gasteiger partial charge in [-0.25, -0.2) is 4.98 Å². The molecule has 1 heterocycles. The molecule has 2 unspecified atom stereocenters. The minimum atomic E-state index is 0.671. The largest absolute Gasteiger partial charge is 0.332 e. The molecule has 0 saturated heterocycles. The molecule has 1 N–H and O–H groups in total. The Kier molecular flexibility index (Phi) is 2.87. The van der Waals surface area contributed by atoms with E-state index in [2.05, 4.69) is 35.0 Å². The Morgan fingerprint density at radius 2 is 2.43 bits per heavy atom. The lowest BCUT2D eigenvalue weighted by atomic mass is 10.2. The van der Waals surface area contributed by atoms with Crippen molar-refractivity contribution in [1.82, 2.24) is 14.9 Å². The molecule has 3 nitrogen and oxygen atoms in total. The first-order chi connectivity index (χ1) is 6.85. The molecule has 1 aliphatic rings.